The van der Waals surface area contributed by atoms with E-state index in [-0.39, 0.29) is 33.6 Å². The second-order valence-electron chi connectivity index (χ2n) is 10.7. The predicted octanol–water partition coefficient (Wildman–Crippen LogP) is 6.14. The van der Waals surface area contributed by atoms with Crippen LogP contribution in [0.25, 0.3) is 21.8 Å². The number of benzene rings is 3. The normalized spacial score (nSPS) is 10.7. The molecule has 7 rings (SSSR count). The minimum Gasteiger partial charge on any atom is -0.360 e. The van der Waals surface area contributed by atoms with Crippen molar-refractivity contribution < 1.29 is 9.59 Å². The van der Waals surface area contributed by atoms with Gasteiger partial charge in [0, 0.05) is 71.1 Å². The Bertz CT molecular complexity index is 2330. The lowest BCUT2D eigenvalue weighted by atomic mass is 10.0. The molecule has 0 fully saturated rings. The largest absolute Gasteiger partial charge is 0.360 e. The molecule has 0 unspecified atom stereocenters. The van der Waals surface area contributed by atoms with E-state index in [4.69, 9.17) is 0 Å². The molecule has 46 heavy (non-hydrogen) atoms. The molecule has 4 heterocycles. The molecule has 0 saturated carbocycles. The molecule has 0 aliphatic heterocycles. The van der Waals surface area contributed by atoms with Crippen molar-refractivity contribution >= 4 is 33.4 Å². The lowest BCUT2D eigenvalue weighted by Crippen LogP contribution is -2.20. The molecule has 3 aromatic carbocycles. The predicted molar refractivity (Wildman–Crippen MR) is 178 cm³/mol. The second-order valence-corrected chi connectivity index (χ2v) is 10.7. The van der Waals surface area contributed by atoms with Gasteiger partial charge in [-0.1, -0.05) is 54.1 Å². The first-order valence-corrected chi connectivity index (χ1v) is 14.6. The standard InChI is InChI=1S/C23H18N2O2.C15H10N2O2/c1-16-5-4-6-17(13-16)14-25-15-20(22(26)18-9-11-24-12-10-18)23(27)19-7-2-3-8-21(19)25;18-14(10-5-7-16-8-6-10)12-9-17-13-4-2-1-3-11(13)15(12)19/h2-13,15H,14H2,1H3;1-9H,(H,17,19). The zero-order valence-electron chi connectivity index (χ0n) is 24.9. The summed E-state index contributed by atoms with van der Waals surface area (Å²) in [5.74, 6) is -0.583. The van der Waals surface area contributed by atoms with E-state index in [1.807, 2.05) is 54.0 Å². The summed E-state index contributed by atoms with van der Waals surface area (Å²) in [6, 6.07) is 29.2. The van der Waals surface area contributed by atoms with E-state index < -0.39 is 0 Å². The third-order valence-corrected chi connectivity index (χ3v) is 7.59. The highest BCUT2D eigenvalue weighted by Crippen LogP contribution is 2.17. The van der Waals surface area contributed by atoms with Crippen molar-refractivity contribution in [1.29, 1.82) is 0 Å². The zero-order valence-corrected chi connectivity index (χ0v) is 24.9. The minimum atomic E-state index is -0.297. The van der Waals surface area contributed by atoms with Gasteiger partial charge in [0.2, 0.25) is 10.9 Å². The van der Waals surface area contributed by atoms with Crippen molar-refractivity contribution in [3.63, 3.8) is 0 Å². The molecule has 0 aliphatic rings. The van der Waals surface area contributed by atoms with Crippen LogP contribution < -0.4 is 10.9 Å². The van der Waals surface area contributed by atoms with E-state index in [2.05, 4.69) is 21.0 Å². The van der Waals surface area contributed by atoms with Crippen molar-refractivity contribution in [3.8, 4) is 0 Å². The fourth-order valence-electron chi connectivity index (χ4n) is 5.30. The number of nitrogens with zero attached hydrogens (tertiary/aromatic N) is 3. The molecule has 8 heteroatoms. The number of hydrogen-bond donors (Lipinski definition) is 1. The average molecular weight is 605 g/mol. The maximum atomic E-state index is 13.0. The quantitative estimate of drug-likeness (QED) is 0.228. The van der Waals surface area contributed by atoms with Crippen LogP contribution in [-0.4, -0.2) is 31.1 Å². The number of aromatic amines is 1. The number of ketones is 2. The van der Waals surface area contributed by atoms with Crippen LogP contribution in [0, 0.1) is 6.92 Å². The van der Waals surface area contributed by atoms with Crippen molar-refractivity contribution in [3.05, 3.63) is 188 Å². The molecule has 1 N–H and O–H groups in total. The van der Waals surface area contributed by atoms with Crippen LogP contribution in [0.1, 0.15) is 43.0 Å². The molecular weight excluding hydrogens is 576 g/mol. The van der Waals surface area contributed by atoms with Gasteiger partial charge in [-0.15, -0.1) is 0 Å². The molecule has 4 aromatic heterocycles. The van der Waals surface area contributed by atoms with Gasteiger partial charge in [0.1, 0.15) is 0 Å². The van der Waals surface area contributed by atoms with Crippen LogP contribution in [0.4, 0.5) is 0 Å². The van der Waals surface area contributed by atoms with Crippen molar-refractivity contribution in [2.24, 2.45) is 0 Å². The van der Waals surface area contributed by atoms with Gasteiger partial charge in [-0.2, -0.15) is 0 Å². The van der Waals surface area contributed by atoms with Crippen molar-refractivity contribution in [2.75, 3.05) is 0 Å². The Kier molecular flexibility index (Phi) is 8.51. The number of aromatic nitrogens is 4. The number of carbonyl (C=O) groups excluding carboxylic acids is 2. The molecule has 0 aliphatic carbocycles. The highest BCUT2D eigenvalue weighted by Gasteiger charge is 2.17. The molecule has 0 amide bonds. The molecule has 0 spiro atoms. The van der Waals surface area contributed by atoms with Gasteiger partial charge in [-0.05, 0) is 61.0 Å². The Balaban J connectivity index is 0.000000172. The van der Waals surface area contributed by atoms with Crippen LogP contribution in [0.3, 0.4) is 0 Å². The topological polar surface area (TPSA) is 115 Å². The van der Waals surface area contributed by atoms with Gasteiger partial charge < -0.3 is 9.55 Å². The molecule has 0 atom stereocenters. The number of rotatable bonds is 6. The summed E-state index contributed by atoms with van der Waals surface area (Å²) < 4.78 is 1.97. The molecular formula is C38H28N4O4. The van der Waals surface area contributed by atoms with Gasteiger partial charge in [-0.3, -0.25) is 29.1 Å². The summed E-state index contributed by atoms with van der Waals surface area (Å²) in [7, 11) is 0. The van der Waals surface area contributed by atoms with E-state index in [1.165, 1.54) is 24.2 Å². The van der Waals surface area contributed by atoms with Gasteiger partial charge in [0.15, 0.2) is 11.6 Å². The third-order valence-electron chi connectivity index (χ3n) is 7.59. The van der Waals surface area contributed by atoms with Gasteiger partial charge >= 0.3 is 0 Å². The maximum absolute atomic E-state index is 13.0. The van der Waals surface area contributed by atoms with Crippen LogP contribution in [0.5, 0.6) is 0 Å². The molecule has 0 saturated heterocycles. The number of para-hydroxylation sites is 2. The Labute approximate surface area is 263 Å². The highest BCUT2D eigenvalue weighted by molar-refractivity contribution is 6.10. The molecule has 8 nitrogen and oxygen atoms in total. The number of pyridine rings is 4. The molecule has 224 valence electrons. The van der Waals surface area contributed by atoms with Crippen molar-refractivity contribution in [2.45, 2.75) is 13.5 Å². The van der Waals surface area contributed by atoms with E-state index in [9.17, 15) is 19.2 Å². The maximum Gasteiger partial charge on any atom is 0.200 e. The Hall–Kier alpha value is -6.28. The number of aryl methyl sites for hydroxylation is 1. The number of H-pyrrole nitrogens is 1. The van der Waals surface area contributed by atoms with Crippen LogP contribution in [-0.2, 0) is 6.54 Å². The highest BCUT2D eigenvalue weighted by atomic mass is 16.1. The Morgan fingerprint density at radius 2 is 1.26 bits per heavy atom. The number of nitrogens with one attached hydrogen (secondary N) is 1. The minimum absolute atomic E-state index is 0.143. The molecule has 0 bridgehead atoms. The fraction of sp³-hybridized carbons (Fsp3) is 0.0526. The first-order valence-electron chi connectivity index (χ1n) is 14.6. The van der Waals surface area contributed by atoms with E-state index in [0.29, 0.717) is 28.4 Å². The van der Waals surface area contributed by atoms with Crippen LogP contribution in [0.15, 0.2) is 144 Å². The lowest BCUT2D eigenvalue weighted by Gasteiger charge is -2.14. The van der Waals surface area contributed by atoms with Crippen LogP contribution in [0.2, 0.25) is 0 Å². The summed E-state index contributed by atoms with van der Waals surface area (Å²) in [5, 5.41) is 1.06. The average Bonchev–Trinajstić information content (AvgIpc) is 3.10. The molecule has 0 radical (unpaired) electrons. The van der Waals surface area contributed by atoms with E-state index in [0.717, 1.165) is 16.6 Å². The van der Waals surface area contributed by atoms with Gasteiger partial charge in [-0.25, -0.2) is 0 Å². The lowest BCUT2D eigenvalue weighted by molar-refractivity contribution is 0.102. The summed E-state index contributed by atoms with van der Waals surface area (Å²) in [4.78, 5) is 61.2. The third kappa shape index (κ3) is 6.18. The summed E-state index contributed by atoms with van der Waals surface area (Å²) >= 11 is 0. The smallest absolute Gasteiger partial charge is 0.200 e. The SMILES string of the molecule is Cc1cccc(Cn2cc(C(=O)c3ccncc3)c(=O)c3ccccc32)c1.O=C(c1ccncc1)c1c[nH]c2ccccc2c1=O. The van der Waals surface area contributed by atoms with E-state index in [1.54, 1.807) is 67.1 Å². The van der Waals surface area contributed by atoms with Crippen molar-refractivity contribution in [1.82, 2.24) is 19.5 Å². The first kappa shape index (κ1) is 29.8. The number of fused-ring (bicyclic) bond motifs is 2. The Morgan fingerprint density at radius 3 is 1.93 bits per heavy atom. The summed E-state index contributed by atoms with van der Waals surface area (Å²) in [5.41, 5.74) is 4.56. The molecule has 7 aromatic rings. The van der Waals surface area contributed by atoms with Crippen LogP contribution >= 0.6 is 0 Å². The van der Waals surface area contributed by atoms with E-state index >= 15 is 0 Å². The summed E-state index contributed by atoms with van der Waals surface area (Å²) in [6.45, 7) is 2.63. The number of carbonyl (C=O) groups is 2. The summed E-state index contributed by atoms with van der Waals surface area (Å²) in [6.07, 6.45) is 9.31. The monoisotopic (exact) mass is 604 g/mol. The Morgan fingerprint density at radius 1 is 0.674 bits per heavy atom. The first-order chi connectivity index (χ1) is 22.4. The second kappa shape index (κ2) is 13.2. The van der Waals surface area contributed by atoms with Gasteiger partial charge in [0.25, 0.3) is 0 Å². The fourth-order valence-corrected chi connectivity index (χ4v) is 5.30. The number of hydrogen-bond acceptors (Lipinski definition) is 6. The zero-order chi connectivity index (χ0) is 32.0. The van der Waals surface area contributed by atoms with Gasteiger partial charge in [0.05, 0.1) is 16.6 Å².